The minimum atomic E-state index is -0.296. The molecule has 0 fully saturated rings. The first kappa shape index (κ1) is 13.2. The minimum absolute atomic E-state index is 0.203. The highest BCUT2D eigenvalue weighted by Gasteiger charge is 2.01. The van der Waals surface area contributed by atoms with Gasteiger partial charge in [0.25, 0.3) is 0 Å². The lowest BCUT2D eigenvalue weighted by molar-refractivity contribution is 0.251. The molecule has 2 amide bonds. The molecule has 3 N–H and O–H groups in total. The third-order valence-electron chi connectivity index (χ3n) is 2.49. The number of amides is 2. The molecule has 4 nitrogen and oxygen atoms in total. The molecule has 0 aliphatic rings. The molecule has 0 radical (unpaired) electrons. The fourth-order valence-corrected chi connectivity index (χ4v) is 1.63. The zero-order chi connectivity index (χ0) is 13.7. The van der Waals surface area contributed by atoms with Crippen LogP contribution < -0.4 is 10.6 Å². The molecule has 0 aliphatic carbocycles. The quantitative estimate of drug-likeness (QED) is 0.805. The summed E-state index contributed by atoms with van der Waals surface area (Å²) in [6.07, 6.45) is 0. The lowest BCUT2D eigenvalue weighted by atomic mass is 10.2. The molecule has 98 valence electrons. The Kier molecular flexibility index (Phi) is 4.26. The Morgan fingerprint density at radius 2 is 1.68 bits per heavy atom. The number of phenols is 1. The van der Waals surface area contributed by atoms with Gasteiger partial charge in [-0.15, -0.1) is 0 Å². The number of rotatable bonds is 3. The molecule has 0 unspecified atom stereocenters. The standard InChI is InChI=1S/C14H13ClN2O2/c15-11-3-5-12(6-4-11)17-14(19)16-9-10-1-7-13(18)8-2-10/h1-8,18H,9H2,(H2,16,17,19). The number of urea groups is 1. The number of phenolic OH excluding ortho intramolecular Hbond substituents is 1. The number of benzene rings is 2. The average molecular weight is 277 g/mol. The summed E-state index contributed by atoms with van der Waals surface area (Å²) in [5.41, 5.74) is 1.58. The van der Waals surface area contributed by atoms with Crippen molar-refractivity contribution in [3.8, 4) is 5.75 Å². The maximum absolute atomic E-state index is 11.6. The van der Waals surface area contributed by atoms with Crippen LogP contribution in [0.5, 0.6) is 5.75 Å². The van der Waals surface area contributed by atoms with Gasteiger partial charge < -0.3 is 15.7 Å². The summed E-state index contributed by atoms with van der Waals surface area (Å²) in [6.45, 7) is 0.389. The van der Waals surface area contributed by atoms with Crippen LogP contribution in [-0.4, -0.2) is 11.1 Å². The van der Waals surface area contributed by atoms with Crippen molar-refractivity contribution in [1.82, 2.24) is 5.32 Å². The molecule has 0 bridgehead atoms. The summed E-state index contributed by atoms with van der Waals surface area (Å²) in [7, 11) is 0. The van der Waals surface area contributed by atoms with Crippen molar-refractivity contribution in [3.63, 3.8) is 0 Å². The predicted octanol–water partition coefficient (Wildman–Crippen LogP) is 3.37. The fourth-order valence-electron chi connectivity index (χ4n) is 1.50. The summed E-state index contributed by atoms with van der Waals surface area (Å²) in [5.74, 6) is 0.203. The van der Waals surface area contributed by atoms with E-state index in [1.807, 2.05) is 0 Å². The number of aromatic hydroxyl groups is 1. The average Bonchev–Trinajstić information content (AvgIpc) is 2.41. The highest BCUT2D eigenvalue weighted by Crippen LogP contribution is 2.13. The third kappa shape index (κ3) is 4.19. The lowest BCUT2D eigenvalue weighted by Gasteiger charge is -2.07. The van der Waals surface area contributed by atoms with Crippen LogP contribution in [0, 0.1) is 0 Å². The normalized spacial score (nSPS) is 9.95. The van der Waals surface area contributed by atoms with Gasteiger partial charge in [0.15, 0.2) is 0 Å². The van der Waals surface area contributed by atoms with Crippen LogP contribution in [0.15, 0.2) is 48.5 Å². The summed E-state index contributed by atoms with van der Waals surface area (Å²) in [4.78, 5) is 11.6. The van der Waals surface area contributed by atoms with Gasteiger partial charge in [-0.3, -0.25) is 0 Å². The molecule has 2 rings (SSSR count). The number of halogens is 1. The number of hydrogen-bond acceptors (Lipinski definition) is 2. The molecule has 0 spiro atoms. The smallest absolute Gasteiger partial charge is 0.319 e. The molecule has 0 aliphatic heterocycles. The van der Waals surface area contributed by atoms with E-state index in [-0.39, 0.29) is 11.8 Å². The third-order valence-corrected chi connectivity index (χ3v) is 2.74. The Balaban J connectivity index is 1.84. The van der Waals surface area contributed by atoms with E-state index in [1.165, 1.54) is 0 Å². The summed E-state index contributed by atoms with van der Waals surface area (Å²) < 4.78 is 0. The lowest BCUT2D eigenvalue weighted by Crippen LogP contribution is -2.28. The van der Waals surface area contributed by atoms with Crippen LogP contribution in [0.2, 0.25) is 5.02 Å². The number of carbonyl (C=O) groups excluding carboxylic acids is 1. The highest BCUT2D eigenvalue weighted by molar-refractivity contribution is 6.30. The largest absolute Gasteiger partial charge is 0.508 e. The second kappa shape index (κ2) is 6.11. The molecule has 19 heavy (non-hydrogen) atoms. The van der Waals surface area contributed by atoms with E-state index >= 15 is 0 Å². The SMILES string of the molecule is O=C(NCc1ccc(O)cc1)Nc1ccc(Cl)cc1. The van der Waals surface area contributed by atoms with Crippen molar-refractivity contribution < 1.29 is 9.90 Å². The zero-order valence-electron chi connectivity index (χ0n) is 10.1. The fraction of sp³-hybridized carbons (Fsp3) is 0.0714. The van der Waals surface area contributed by atoms with Gasteiger partial charge >= 0.3 is 6.03 Å². The van der Waals surface area contributed by atoms with E-state index in [0.29, 0.717) is 17.3 Å². The van der Waals surface area contributed by atoms with Crippen LogP contribution in [0.4, 0.5) is 10.5 Å². The molecule has 2 aromatic rings. The molecule has 2 aromatic carbocycles. The Hall–Kier alpha value is -2.20. The number of carbonyl (C=O) groups is 1. The number of nitrogens with one attached hydrogen (secondary N) is 2. The summed E-state index contributed by atoms with van der Waals surface area (Å²) in [5, 5.41) is 15.2. The van der Waals surface area contributed by atoms with E-state index in [9.17, 15) is 4.79 Å². The highest BCUT2D eigenvalue weighted by atomic mass is 35.5. The summed E-state index contributed by atoms with van der Waals surface area (Å²) in [6, 6.07) is 13.2. The van der Waals surface area contributed by atoms with E-state index < -0.39 is 0 Å². The Morgan fingerprint density at radius 1 is 1.05 bits per heavy atom. The second-order valence-electron chi connectivity index (χ2n) is 3.98. The van der Waals surface area contributed by atoms with Gasteiger partial charge in [-0.25, -0.2) is 4.79 Å². The van der Waals surface area contributed by atoms with Gasteiger partial charge in [0.2, 0.25) is 0 Å². The van der Waals surface area contributed by atoms with Gasteiger partial charge in [0.05, 0.1) is 0 Å². The van der Waals surface area contributed by atoms with Gasteiger partial charge in [-0.05, 0) is 42.0 Å². The van der Waals surface area contributed by atoms with Crippen molar-refractivity contribution in [2.45, 2.75) is 6.54 Å². The zero-order valence-corrected chi connectivity index (χ0v) is 10.8. The number of anilines is 1. The Morgan fingerprint density at radius 3 is 2.32 bits per heavy atom. The summed E-state index contributed by atoms with van der Waals surface area (Å²) >= 11 is 5.75. The predicted molar refractivity (Wildman–Crippen MR) is 75.4 cm³/mol. The van der Waals surface area contributed by atoms with Crippen LogP contribution in [0.25, 0.3) is 0 Å². The van der Waals surface area contributed by atoms with E-state index in [4.69, 9.17) is 16.7 Å². The minimum Gasteiger partial charge on any atom is -0.508 e. The van der Waals surface area contributed by atoms with Crippen molar-refractivity contribution in [2.75, 3.05) is 5.32 Å². The molecular formula is C14H13ClN2O2. The number of hydrogen-bond donors (Lipinski definition) is 3. The molecule has 0 heterocycles. The van der Waals surface area contributed by atoms with Crippen molar-refractivity contribution in [3.05, 3.63) is 59.1 Å². The first-order chi connectivity index (χ1) is 9.13. The van der Waals surface area contributed by atoms with Gasteiger partial charge in [-0.2, -0.15) is 0 Å². The van der Waals surface area contributed by atoms with Crippen LogP contribution in [0.3, 0.4) is 0 Å². The Bertz CT molecular complexity index is 553. The van der Waals surface area contributed by atoms with Gasteiger partial charge in [0, 0.05) is 17.3 Å². The van der Waals surface area contributed by atoms with Crippen LogP contribution >= 0.6 is 11.6 Å². The molecule has 0 saturated heterocycles. The van der Waals surface area contributed by atoms with Crippen molar-refractivity contribution in [1.29, 1.82) is 0 Å². The first-order valence-electron chi connectivity index (χ1n) is 5.72. The molecule has 0 aromatic heterocycles. The monoisotopic (exact) mass is 276 g/mol. The van der Waals surface area contributed by atoms with Crippen LogP contribution in [0.1, 0.15) is 5.56 Å². The maximum Gasteiger partial charge on any atom is 0.319 e. The molecule has 0 atom stereocenters. The maximum atomic E-state index is 11.6. The van der Waals surface area contributed by atoms with Gasteiger partial charge in [0.1, 0.15) is 5.75 Å². The van der Waals surface area contributed by atoms with Crippen LogP contribution in [-0.2, 0) is 6.54 Å². The Labute approximate surface area is 116 Å². The first-order valence-corrected chi connectivity index (χ1v) is 6.09. The van der Waals surface area contributed by atoms with Crippen molar-refractivity contribution in [2.24, 2.45) is 0 Å². The molecule has 0 saturated carbocycles. The molecule has 5 heteroatoms. The molecular weight excluding hydrogens is 264 g/mol. The topological polar surface area (TPSA) is 61.4 Å². The van der Waals surface area contributed by atoms with E-state index in [0.717, 1.165) is 5.56 Å². The van der Waals surface area contributed by atoms with Crippen molar-refractivity contribution >= 4 is 23.3 Å². The van der Waals surface area contributed by atoms with E-state index in [1.54, 1.807) is 48.5 Å². The van der Waals surface area contributed by atoms with E-state index in [2.05, 4.69) is 10.6 Å². The second-order valence-corrected chi connectivity index (χ2v) is 4.42. The van der Waals surface area contributed by atoms with Gasteiger partial charge in [-0.1, -0.05) is 23.7 Å².